The van der Waals surface area contributed by atoms with Gasteiger partial charge in [-0.25, -0.2) is 4.99 Å². The van der Waals surface area contributed by atoms with Crippen LogP contribution in [0.3, 0.4) is 0 Å². The number of nitrogens with zero attached hydrogens (tertiary/aromatic N) is 2. The normalized spacial score (nSPS) is 23.4. The van der Waals surface area contributed by atoms with Crippen LogP contribution in [0.2, 0.25) is 0 Å². The Kier molecular flexibility index (Phi) is 4.09. The molecule has 1 aliphatic carbocycles. The average molecular weight is 440 g/mol. The summed E-state index contributed by atoms with van der Waals surface area (Å²) < 4.78 is 35.0. The van der Waals surface area contributed by atoms with E-state index in [-0.39, 0.29) is 29.2 Å². The molecule has 3 N–H and O–H groups in total. The molecular formula is C22H20N2O6S. The lowest BCUT2D eigenvalue weighted by atomic mass is 10.0. The Morgan fingerprint density at radius 1 is 1.16 bits per heavy atom. The fourth-order valence-corrected chi connectivity index (χ4v) is 5.93. The summed E-state index contributed by atoms with van der Waals surface area (Å²) in [6, 6.07) is 10.5. The zero-order valence-corrected chi connectivity index (χ0v) is 17.4. The number of phenolic OH excluding ortho intramolecular Hbond substituents is 1. The molecule has 31 heavy (non-hydrogen) atoms. The van der Waals surface area contributed by atoms with Crippen molar-refractivity contribution in [2.24, 2.45) is 4.99 Å². The van der Waals surface area contributed by atoms with Gasteiger partial charge < -0.3 is 14.8 Å². The van der Waals surface area contributed by atoms with Gasteiger partial charge in [0, 0.05) is 10.6 Å². The summed E-state index contributed by atoms with van der Waals surface area (Å²) in [4.78, 5) is 17.0. The van der Waals surface area contributed by atoms with Crippen LogP contribution in [0.4, 0.5) is 0 Å². The van der Waals surface area contributed by atoms with E-state index < -0.39 is 26.8 Å². The van der Waals surface area contributed by atoms with Gasteiger partial charge in [-0.1, -0.05) is 12.1 Å². The zero-order chi connectivity index (χ0) is 22.1. The molecule has 2 aromatic carbocycles. The monoisotopic (exact) mass is 440 g/mol. The molecule has 0 bridgehead atoms. The standard InChI is InChI=1S/C22H20N2O6S/c1-22(31(28,29)30)10-4-7-17(22)24-16-6-3-2-5-13(16)20(26)19(24)18-14-11-12(25)8-9-15(14)23-21(18)27/h2-3,5-6,8-9,11,17,25-26H,4,7,10H2,1H3,(H,28,29,30). The number of phenols is 1. The molecule has 0 spiro atoms. The number of carbonyl (C=O) groups excluding carboxylic acids is 1. The molecule has 1 aliphatic heterocycles. The van der Waals surface area contributed by atoms with Gasteiger partial charge >= 0.3 is 0 Å². The van der Waals surface area contributed by atoms with E-state index in [1.165, 1.54) is 25.1 Å². The van der Waals surface area contributed by atoms with Gasteiger partial charge in [0.25, 0.3) is 16.0 Å². The molecule has 1 fully saturated rings. The van der Waals surface area contributed by atoms with E-state index >= 15 is 0 Å². The molecule has 2 unspecified atom stereocenters. The summed E-state index contributed by atoms with van der Waals surface area (Å²) in [6.07, 6.45) is 1.24. The summed E-state index contributed by atoms with van der Waals surface area (Å²) in [5.74, 6) is -0.826. The Hall–Kier alpha value is -3.17. The summed E-state index contributed by atoms with van der Waals surface area (Å²) in [7, 11) is -4.44. The fourth-order valence-electron chi connectivity index (χ4n) is 4.96. The maximum atomic E-state index is 12.9. The first-order valence-corrected chi connectivity index (χ1v) is 11.3. The molecule has 1 saturated carbocycles. The Morgan fingerprint density at radius 3 is 2.65 bits per heavy atom. The number of benzene rings is 2. The Morgan fingerprint density at radius 2 is 1.90 bits per heavy atom. The summed E-state index contributed by atoms with van der Waals surface area (Å²) in [5, 5.41) is 22.3. The van der Waals surface area contributed by atoms with Crippen LogP contribution in [0, 0.1) is 0 Å². The third kappa shape index (κ3) is 2.66. The van der Waals surface area contributed by atoms with E-state index in [4.69, 9.17) is 0 Å². The molecule has 8 nitrogen and oxygen atoms in total. The van der Waals surface area contributed by atoms with E-state index in [1.54, 1.807) is 28.8 Å². The third-order valence-electron chi connectivity index (χ3n) is 6.56. The first-order valence-electron chi connectivity index (χ1n) is 9.89. The number of aromatic hydroxyl groups is 2. The highest BCUT2D eigenvalue weighted by molar-refractivity contribution is 7.87. The van der Waals surface area contributed by atoms with Gasteiger partial charge in [-0.05, 0) is 56.5 Å². The van der Waals surface area contributed by atoms with Crippen molar-refractivity contribution in [3.63, 3.8) is 0 Å². The smallest absolute Gasteiger partial charge is 0.280 e. The van der Waals surface area contributed by atoms with E-state index in [0.29, 0.717) is 34.3 Å². The molecule has 1 amide bonds. The second-order valence-electron chi connectivity index (χ2n) is 8.27. The van der Waals surface area contributed by atoms with Crippen molar-refractivity contribution in [2.45, 2.75) is 37.0 Å². The van der Waals surface area contributed by atoms with Gasteiger partial charge in [0.2, 0.25) is 0 Å². The van der Waals surface area contributed by atoms with Crippen molar-refractivity contribution >= 4 is 32.5 Å². The van der Waals surface area contributed by atoms with Crippen LogP contribution in [0.5, 0.6) is 11.5 Å². The molecule has 5 rings (SSSR count). The van der Waals surface area contributed by atoms with Crippen LogP contribution in [0.25, 0.3) is 16.5 Å². The molecule has 1 aromatic heterocycles. The van der Waals surface area contributed by atoms with E-state index in [1.807, 2.05) is 0 Å². The minimum absolute atomic E-state index is 0.0630. The number of amides is 1. The van der Waals surface area contributed by atoms with Crippen LogP contribution >= 0.6 is 0 Å². The van der Waals surface area contributed by atoms with Gasteiger partial charge in [-0.2, -0.15) is 8.42 Å². The summed E-state index contributed by atoms with van der Waals surface area (Å²) in [5.41, 5.74) is 0.774. The van der Waals surface area contributed by atoms with E-state index in [2.05, 4.69) is 4.99 Å². The van der Waals surface area contributed by atoms with Crippen LogP contribution < -0.4 is 10.6 Å². The lowest BCUT2D eigenvalue weighted by Gasteiger charge is -2.31. The lowest BCUT2D eigenvalue weighted by molar-refractivity contribution is -0.112. The van der Waals surface area contributed by atoms with Gasteiger partial charge in [0.05, 0.1) is 28.2 Å². The largest absolute Gasteiger partial charge is 0.508 e. The van der Waals surface area contributed by atoms with Crippen LogP contribution in [0.15, 0.2) is 47.5 Å². The number of carbonyl (C=O) groups is 1. The predicted octanol–water partition coefficient (Wildman–Crippen LogP) is 1.78. The van der Waals surface area contributed by atoms with E-state index in [9.17, 15) is 28.0 Å². The van der Waals surface area contributed by atoms with Crippen molar-refractivity contribution in [1.82, 2.24) is 4.57 Å². The summed E-state index contributed by atoms with van der Waals surface area (Å²) >= 11 is 0. The number of para-hydroxylation sites is 1. The van der Waals surface area contributed by atoms with Crippen LogP contribution in [0.1, 0.15) is 37.9 Å². The SMILES string of the molecule is CC1(S(=O)(=O)O)CCCC1n1c(C2=c3cc(O)ccc3=NC2=O)c(O)c2ccccc21. The van der Waals surface area contributed by atoms with Crippen molar-refractivity contribution in [3.05, 3.63) is 58.7 Å². The average Bonchev–Trinajstić information content (AvgIpc) is 3.33. The Balaban J connectivity index is 1.93. The minimum Gasteiger partial charge on any atom is -0.508 e. The molecule has 2 heterocycles. The zero-order valence-electron chi connectivity index (χ0n) is 16.6. The summed E-state index contributed by atoms with van der Waals surface area (Å²) in [6.45, 7) is 1.49. The van der Waals surface area contributed by atoms with Gasteiger partial charge in [0.15, 0.2) is 0 Å². The molecule has 2 atom stereocenters. The maximum absolute atomic E-state index is 12.9. The number of rotatable bonds is 3. The van der Waals surface area contributed by atoms with Crippen molar-refractivity contribution in [3.8, 4) is 11.5 Å². The van der Waals surface area contributed by atoms with Crippen LogP contribution in [-0.4, -0.2) is 38.4 Å². The second kappa shape index (κ2) is 6.41. The predicted molar refractivity (Wildman–Crippen MR) is 113 cm³/mol. The quantitative estimate of drug-likeness (QED) is 0.533. The topological polar surface area (TPSA) is 129 Å². The molecule has 0 saturated heterocycles. The highest BCUT2D eigenvalue weighted by Crippen LogP contribution is 2.49. The molecule has 160 valence electrons. The van der Waals surface area contributed by atoms with Gasteiger partial charge in [-0.3, -0.25) is 9.35 Å². The highest BCUT2D eigenvalue weighted by Gasteiger charge is 2.51. The van der Waals surface area contributed by atoms with Crippen LogP contribution in [-0.2, 0) is 14.9 Å². The second-order valence-corrected chi connectivity index (χ2v) is 10.2. The maximum Gasteiger partial charge on any atom is 0.280 e. The Labute approximate surface area is 177 Å². The third-order valence-corrected chi connectivity index (χ3v) is 8.22. The van der Waals surface area contributed by atoms with Gasteiger partial charge in [0.1, 0.15) is 16.2 Å². The van der Waals surface area contributed by atoms with Gasteiger partial charge in [-0.15, -0.1) is 0 Å². The van der Waals surface area contributed by atoms with Crippen molar-refractivity contribution in [1.29, 1.82) is 0 Å². The number of hydrogen-bond donors (Lipinski definition) is 3. The van der Waals surface area contributed by atoms with Crippen molar-refractivity contribution < 1.29 is 28.0 Å². The first-order chi connectivity index (χ1) is 14.6. The van der Waals surface area contributed by atoms with E-state index in [0.717, 1.165) is 0 Å². The molecule has 2 aliphatic rings. The molecule has 9 heteroatoms. The number of fused-ring (bicyclic) bond motifs is 2. The molecular weight excluding hydrogens is 420 g/mol. The van der Waals surface area contributed by atoms with Crippen molar-refractivity contribution in [2.75, 3.05) is 0 Å². The first kappa shape index (κ1) is 19.8. The Bertz CT molecular complexity index is 1500. The lowest BCUT2D eigenvalue weighted by Crippen LogP contribution is -2.40. The number of hydrogen-bond acceptors (Lipinski definition) is 5. The fraction of sp³-hybridized carbons (Fsp3) is 0.273. The number of aromatic nitrogens is 1. The molecule has 0 radical (unpaired) electrons. The highest BCUT2D eigenvalue weighted by atomic mass is 32.2. The minimum atomic E-state index is -4.44. The molecule has 3 aromatic rings.